The first-order chi connectivity index (χ1) is 17.9. The molecule has 4 N–H and O–H groups in total. The summed E-state index contributed by atoms with van der Waals surface area (Å²) in [6.07, 6.45) is 2.44. The molecule has 0 saturated carbocycles. The number of fused-ring (bicyclic) bond motifs is 1. The Morgan fingerprint density at radius 1 is 1.19 bits per heavy atom. The summed E-state index contributed by atoms with van der Waals surface area (Å²) in [6, 6.07) is 11.8. The normalized spacial score (nSPS) is 18.5. The molecule has 0 bridgehead atoms. The Morgan fingerprint density at radius 2 is 1.95 bits per heavy atom. The van der Waals surface area contributed by atoms with Gasteiger partial charge in [0.2, 0.25) is 17.7 Å². The van der Waals surface area contributed by atoms with Crippen molar-refractivity contribution in [3.8, 4) is 0 Å². The van der Waals surface area contributed by atoms with Crippen LogP contribution < -0.4 is 11.1 Å². The number of hydrogen-bond donors (Lipinski definition) is 3. The molecule has 3 aromatic rings. The lowest BCUT2D eigenvalue weighted by molar-refractivity contribution is -0.149. The van der Waals surface area contributed by atoms with Crippen molar-refractivity contribution >= 4 is 28.6 Å². The lowest BCUT2D eigenvalue weighted by Crippen LogP contribution is -2.58. The van der Waals surface area contributed by atoms with Crippen LogP contribution in [0.25, 0.3) is 10.9 Å². The van der Waals surface area contributed by atoms with Crippen molar-refractivity contribution < 1.29 is 28.2 Å². The van der Waals surface area contributed by atoms with Crippen molar-refractivity contribution in [1.82, 2.24) is 15.2 Å². The molecule has 4 rings (SSSR count). The third kappa shape index (κ3) is 6.52. The van der Waals surface area contributed by atoms with Gasteiger partial charge in [-0.2, -0.15) is 0 Å². The number of likely N-dealkylation sites (tertiary alicyclic amines) is 1. The molecule has 3 amide bonds. The Morgan fingerprint density at radius 3 is 2.68 bits per heavy atom. The topological polar surface area (TPSA) is 127 Å². The highest BCUT2D eigenvalue weighted by Crippen LogP contribution is 2.23. The number of carbonyl (C=O) groups is 3. The van der Waals surface area contributed by atoms with Crippen LogP contribution in [0.1, 0.15) is 24.0 Å². The molecule has 2 aromatic carbocycles. The maximum atomic E-state index is 13.4. The van der Waals surface area contributed by atoms with E-state index in [0.717, 1.165) is 22.0 Å². The van der Waals surface area contributed by atoms with Crippen molar-refractivity contribution in [2.45, 2.75) is 44.1 Å². The monoisotopic (exact) mass is 510 g/mol. The second-order valence-corrected chi connectivity index (χ2v) is 9.15. The Balaban J connectivity index is 1.46. The largest absolute Gasteiger partial charge is 0.375 e. The van der Waals surface area contributed by atoms with Gasteiger partial charge in [-0.15, -0.1) is 0 Å². The van der Waals surface area contributed by atoms with Crippen LogP contribution >= 0.6 is 0 Å². The van der Waals surface area contributed by atoms with Gasteiger partial charge < -0.3 is 30.4 Å². The summed E-state index contributed by atoms with van der Waals surface area (Å²) in [5.41, 5.74) is 8.21. The van der Waals surface area contributed by atoms with Crippen LogP contribution in [-0.2, 0) is 36.9 Å². The number of methoxy groups -OCH3 is 1. The first-order valence-corrected chi connectivity index (χ1v) is 12.1. The Bertz CT molecular complexity index is 1250. The molecule has 0 radical (unpaired) electrons. The maximum Gasteiger partial charge on any atom is 0.249 e. The van der Waals surface area contributed by atoms with E-state index in [1.807, 2.05) is 24.3 Å². The zero-order valence-electron chi connectivity index (χ0n) is 20.6. The average molecular weight is 511 g/mol. The minimum Gasteiger partial charge on any atom is -0.375 e. The first-order valence-electron chi connectivity index (χ1n) is 12.1. The summed E-state index contributed by atoms with van der Waals surface area (Å²) in [7, 11) is 1.41. The number of nitrogens with one attached hydrogen (secondary N) is 2. The number of rotatable bonds is 10. The van der Waals surface area contributed by atoms with Gasteiger partial charge in [-0.25, -0.2) is 4.39 Å². The van der Waals surface area contributed by atoms with Gasteiger partial charge in [0.15, 0.2) is 0 Å². The zero-order valence-corrected chi connectivity index (χ0v) is 20.6. The predicted molar refractivity (Wildman–Crippen MR) is 135 cm³/mol. The number of piperidine rings is 1. The minimum absolute atomic E-state index is 0.167. The lowest BCUT2D eigenvalue weighted by Gasteiger charge is -2.38. The fourth-order valence-electron chi connectivity index (χ4n) is 4.64. The third-order valence-corrected chi connectivity index (χ3v) is 6.60. The number of benzene rings is 2. The molecule has 37 heavy (non-hydrogen) atoms. The van der Waals surface area contributed by atoms with E-state index < -0.39 is 23.9 Å². The van der Waals surface area contributed by atoms with Crippen molar-refractivity contribution in [3.05, 3.63) is 71.7 Å². The Labute approximate surface area is 214 Å². The number of nitrogens with two attached hydrogens (primary N) is 1. The molecule has 196 valence electrons. The van der Waals surface area contributed by atoms with Crippen LogP contribution in [0, 0.1) is 5.82 Å². The highest BCUT2D eigenvalue weighted by atomic mass is 19.1. The third-order valence-electron chi connectivity index (χ3n) is 6.60. The number of H-pyrrole nitrogens is 1. The molecule has 3 atom stereocenters. The fraction of sp³-hybridized carbons (Fsp3) is 0.370. The van der Waals surface area contributed by atoms with Crippen LogP contribution in [-0.4, -0.2) is 66.1 Å². The van der Waals surface area contributed by atoms with Gasteiger partial charge in [0.05, 0.1) is 12.7 Å². The summed E-state index contributed by atoms with van der Waals surface area (Å²) >= 11 is 0. The standard InChI is InChI=1S/C27H31FN4O5/c1-36-16-25(33)32-11-10-20(37-15-17-6-8-19(28)9-7-17)13-24(32)27(35)31-23(26(29)34)12-18-14-30-22-5-3-2-4-21(18)22/h2-9,14,20,23-24,30H,10-13,15-16H2,1H3,(H2,29,34)(H,31,35). The molecule has 2 heterocycles. The highest BCUT2D eigenvalue weighted by molar-refractivity contribution is 5.92. The SMILES string of the molecule is COCC(=O)N1CCC(OCc2ccc(F)cc2)CC1C(=O)NC(Cc1c[nH]c2ccccc12)C(N)=O. The second-order valence-electron chi connectivity index (χ2n) is 9.15. The van der Waals surface area contributed by atoms with Crippen molar-refractivity contribution in [2.75, 3.05) is 20.3 Å². The quantitative estimate of drug-likeness (QED) is 0.385. The highest BCUT2D eigenvalue weighted by Gasteiger charge is 2.38. The number of halogens is 1. The van der Waals surface area contributed by atoms with Gasteiger partial charge in [-0.05, 0) is 35.7 Å². The van der Waals surface area contributed by atoms with E-state index in [1.54, 1.807) is 18.3 Å². The number of para-hydroxylation sites is 1. The van der Waals surface area contributed by atoms with Gasteiger partial charge >= 0.3 is 0 Å². The molecule has 9 nitrogen and oxygen atoms in total. The van der Waals surface area contributed by atoms with Crippen LogP contribution in [0.5, 0.6) is 0 Å². The van der Waals surface area contributed by atoms with Crippen molar-refractivity contribution in [2.24, 2.45) is 5.73 Å². The van der Waals surface area contributed by atoms with Crippen LogP contribution in [0.4, 0.5) is 4.39 Å². The summed E-state index contributed by atoms with van der Waals surface area (Å²) in [6.45, 7) is 0.368. The van der Waals surface area contributed by atoms with Gasteiger partial charge in [0.1, 0.15) is 24.5 Å². The fourth-order valence-corrected chi connectivity index (χ4v) is 4.64. The summed E-state index contributed by atoms with van der Waals surface area (Å²) in [4.78, 5) is 43.0. The predicted octanol–water partition coefficient (Wildman–Crippen LogP) is 2.04. The molecule has 1 aliphatic heterocycles. The molecule has 0 aliphatic carbocycles. The van der Waals surface area contributed by atoms with Crippen molar-refractivity contribution in [3.63, 3.8) is 0 Å². The number of hydrogen-bond acceptors (Lipinski definition) is 5. The molecule has 1 fully saturated rings. The van der Waals surface area contributed by atoms with E-state index in [4.69, 9.17) is 15.2 Å². The maximum absolute atomic E-state index is 13.4. The molecule has 0 spiro atoms. The number of aromatic nitrogens is 1. The van der Waals surface area contributed by atoms with Crippen molar-refractivity contribution in [1.29, 1.82) is 0 Å². The molecule has 1 saturated heterocycles. The smallest absolute Gasteiger partial charge is 0.249 e. The Kier molecular flexibility index (Phi) is 8.52. The molecular formula is C27H31FN4O5. The summed E-state index contributed by atoms with van der Waals surface area (Å²) in [5.74, 6) is -1.81. The van der Waals surface area contributed by atoms with E-state index in [9.17, 15) is 18.8 Å². The van der Waals surface area contributed by atoms with Crippen LogP contribution in [0.2, 0.25) is 0 Å². The molecule has 1 aromatic heterocycles. The number of carbonyl (C=O) groups excluding carboxylic acids is 3. The van der Waals surface area contributed by atoms with Gasteiger partial charge in [-0.3, -0.25) is 14.4 Å². The van der Waals surface area contributed by atoms with Crippen LogP contribution in [0.15, 0.2) is 54.7 Å². The summed E-state index contributed by atoms with van der Waals surface area (Å²) < 4.78 is 24.2. The molecule has 10 heteroatoms. The average Bonchev–Trinajstić information content (AvgIpc) is 3.30. The van der Waals surface area contributed by atoms with Gasteiger partial charge in [0, 0.05) is 43.6 Å². The molecule has 3 unspecified atom stereocenters. The number of ether oxygens (including phenoxy) is 2. The van der Waals surface area contributed by atoms with E-state index in [-0.39, 0.29) is 50.4 Å². The van der Waals surface area contributed by atoms with E-state index >= 15 is 0 Å². The minimum atomic E-state index is -0.966. The molecular weight excluding hydrogens is 479 g/mol. The molecule has 1 aliphatic rings. The van der Waals surface area contributed by atoms with E-state index in [1.165, 1.54) is 24.1 Å². The number of aromatic amines is 1. The lowest BCUT2D eigenvalue weighted by atomic mass is 9.97. The van der Waals surface area contributed by atoms with Gasteiger partial charge in [0.25, 0.3) is 0 Å². The second kappa shape index (κ2) is 12.0. The number of primary amides is 1. The summed E-state index contributed by atoms with van der Waals surface area (Å²) in [5, 5.41) is 3.69. The first kappa shape index (κ1) is 26.3. The number of amides is 3. The number of nitrogens with zero attached hydrogens (tertiary/aromatic N) is 1. The zero-order chi connectivity index (χ0) is 26.4. The van der Waals surface area contributed by atoms with E-state index in [0.29, 0.717) is 6.42 Å². The van der Waals surface area contributed by atoms with E-state index in [2.05, 4.69) is 10.3 Å². The Hall–Kier alpha value is -3.76. The van der Waals surface area contributed by atoms with Crippen LogP contribution in [0.3, 0.4) is 0 Å². The van der Waals surface area contributed by atoms with Gasteiger partial charge in [-0.1, -0.05) is 30.3 Å².